The molecule has 0 aromatic heterocycles. The van der Waals surface area contributed by atoms with Crippen LogP contribution in [0.1, 0.15) is 0 Å². The van der Waals surface area contributed by atoms with E-state index in [0.717, 1.165) is 0 Å². The van der Waals surface area contributed by atoms with Gasteiger partial charge in [0, 0.05) is 13.1 Å². The van der Waals surface area contributed by atoms with Crippen LogP contribution in [0.5, 0.6) is 0 Å². The predicted molar refractivity (Wildman–Crippen MR) is 18.1 cm³/mol. The minimum Gasteiger partial charge on any atom is -0.329 e. The fraction of sp³-hybridized carbons (Fsp3) is 1.00. The Morgan fingerprint density at radius 3 is 1.20 bits per heavy atom. The van der Waals surface area contributed by atoms with Gasteiger partial charge in [-0.1, -0.05) is 0 Å². The van der Waals surface area contributed by atoms with Gasteiger partial charge >= 0.3 is 29.6 Å². The Bertz CT molecular complexity index is 9.61. The van der Waals surface area contributed by atoms with Crippen molar-refractivity contribution in [2.75, 3.05) is 13.1 Å². The summed E-state index contributed by atoms with van der Waals surface area (Å²) < 4.78 is 0. The van der Waals surface area contributed by atoms with Crippen LogP contribution in [0.4, 0.5) is 0 Å². The van der Waals surface area contributed by atoms with Gasteiger partial charge in [-0.25, -0.2) is 0 Å². The van der Waals surface area contributed by atoms with E-state index in [2.05, 4.69) is 0 Å². The van der Waals surface area contributed by atoms with E-state index in [1.165, 1.54) is 0 Å². The Labute approximate surface area is 54.2 Å². The maximum absolute atomic E-state index is 4.90. The van der Waals surface area contributed by atoms with Crippen molar-refractivity contribution in [1.29, 1.82) is 0 Å². The summed E-state index contributed by atoms with van der Waals surface area (Å²) in [6.45, 7) is 1.19. The summed E-state index contributed by atoms with van der Waals surface area (Å²) in [5.41, 5.74) is 9.81. The van der Waals surface area contributed by atoms with E-state index in [4.69, 9.17) is 11.5 Å². The Kier molecular flexibility index (Phi) is 16.5. The molecule has 0 spiro atoms. The molecule has 3 heteroatoms. The quantitative estimate of drug-likeness (QED) is 0.317. The predicted octanol–water partition coefficient (Wildman–Crippen LogP) is -4.09. The molecule has 0 rings (SSSR count). The number of rotatable bonds is 1. The molecule has 0 aliphatic rings. The van der Waals surface area contributed by atoms with Crippen molar-refractivity contribution in [3.05, 3.63) is 0 Å². The zero-order valence-electron chi connectivity index (χ0n) is 3.57. The smallest absolute Gasteiger partial charge is 0.329 e. The number of nitrogens with two attached hydrogens (primary N) is 2. The molecule has 0 aromatic carbocycles. The largest absolute Gasteiger partial charge is 1.00 e. The van der Waals surface area contributed by atoms with Gasteiger partial charge in [-0.3, -0.25) is 0 Å². The van der Waals surface area contributed by atoms with Crippen molar-refractivity contribution in [2.24, 2.45) is 11.5 Å². The molecule has 5 heavy (non-hydrogen) atoms. The molecule has 4 N–H and O–H groups in total. The van der Waals surface area contributed by atoms with E-state index >= 15 is 0 Å². The van der Waals surface area contributed by atoms with Gasteiger partial charge in [0.25, 0.3) is 0 Å². The summed E-state index contributed by atoms with van der Waals surface area (Å²) in [6.07, 6.45) is 0. The van der Waals surface area contributed by atoms with Gasteiger partial charge in [-0.2, -0.15) is 0 Å². The Balaban J connectivity index is 0. The van der Waals surface area contributed by atoms with Crippen LogP contribution < -0.4 is 41.0 Å². The molecular weight excluding hydrogens is 75.0 g/mol. The molecule has 0 fully saturated rings. The van der Waals surface area contributed by atoms with Gasteiger partial charge in [-0.15, -0.1) is 0 Å². The van der Waals surface area contributed by atoms with E-state index in [1.54, 1.807) is 0 Å². The molecule has 0 aliphatic heterocycles. The zero-order chi connectivity index (χ0) is 3.41. The van der Waals surface area contributed by atoms with Crippen molar-refractivity contribution in [1.82, 2.24) is 0 Å². The molecule has 0 atom stereocenters. The molecule has 2 nitrogen and oxygen atoms in total. The van der Waals surface area contributed by atoms with Gasteiger partial charge in [0.15, 0.2) is 0 Å². The average molecular weight is 83.1 g/mol. The normalized spacial score (nSPS) is 6.00. The molecule has 0 aromatic rings. The van der Waals surface area contributed by atoms with Crippen LogP contribution in [-0.2, 0) is 0 Å². The summed E-state index contributed by atoms with van der Waals surface area (Å²) in [5, 5.41) is 0. The van der Waals surface area contributed by atoms with Gasteiger partial charge in [0.05, 0.1) is 0 Å². The van der Waals surface area contributed by atoms with E-state index < -0.39 is 0 Å². The molecule has 0 saturated carbocycles. The first-order valence-corrected chi connectivity index (χ1v) is 1.32. The number of hydrogen-bond donors (Lipinski definition) is 2. The van der Waals surface area contributed by atoms with E-state index in [1.807, 2.05) is 0 Å². The maximum Gasteiger partial charge on any atom is 1.00 e. The fourth-order valence-corrected chi connectivity index (χ4v) is 0. The Morgan fingerprint density at radius 1 is 1.00 bits per heavy atom. The molecule has 0 bridgehead atoms. The monoisotopic (exact) mass is 83.1 g/mol. The standard InChI is InChI=1S/C2H8N2.Na/c3-1-2-4;/h1-4H2;/q;+1. The molecular formula is C2H8N2Na+. The first-order valence-electron chi connectivity index (χ1n) is 1.32. The van der Waals surface area contributed by atoms with Crippen molar-refractivity contribution in [3.8, 4) is 0 Å². The van der Waals surface area contributed by atoms with Crippen molar-refractivity contribution < 1.29 is 29.6 Å². The Morgan fingerprint density at radius 2 is 1.20 bits per heavy atom. The SMILES string of the molecule is NCCN.[Na+]. The summed E-state index contributed by atoms with van der Waals surface area (Å²) in [7, 11) is 0. The van der Waals surface area contributed by atoms with E-state index in [9.17, 15) is 0 Å². The minimum absolute atomic E-state index is 0. The van der Waals surface area contributed by atoms with Crippen LogP contribution in [0, 0.1) is 0 Å². The summed E-state index contributed by atoms with van der Waals surface area (Å²) in [4.78, 5) is 0. The fourth-order valence-electron chi connectivity index (χ4n) is 0. The van der Waals surface area contributed by atoms with Crippen molar-refractivity contribution >= 4 is 0 Å². The van der Waals surface area contributed by atoms with Crippen LogP contribution in [0.2, 0.25) is 0 Å². The molecule has 26 valence electrons. The van der Waals surface area contributed by atoms with Gasteiger partial charge in [0.1, 0.15) is 0 Å². The zero-order valence-corrected chi connectivity index (χ0v) is 5.57. The van der Waals surface area contributed by atoms with Gasteiger partial charge < -0.3 is 11.5 Å². The molecule has 0 radical (unpaired) electrons. The van der Waals surface area contributed by atoms with Crippen LogP contribution in [0.3, 0.4) is 0 Å². The third-order valence-electron chi connectivity index (χ3n) is 0.167. The topological polar surface area (TPSA) is 52.0 Å². The second-order valence-electron chi connectivity index (χ2n) is 0.577. The molecule has 0 aliphatic carbocycles. The maximum atomic E-state index is 4.90. The molecule has 0 amide bonds. The first-order chi connectivity index (χ1) is 1.91. The van der Waals surface area contributed by atoms with Crippen LogP contribution in [0.25, 0.3) is 0 Å². The number of hydrogen-bond acceptors (Lipinski definition) is 2. The third-order valence-corrected chi connectivity index (χ3v) is 0.167. The van der Waals surface area contributed by atoms with Crippen molar-refractivity contribution in [2.45, 2.75) is 0 Å². The Hall–Kier alpha value is 0.920. The molecule has 0 unspecified atom stereocenters. The third kappa shape index (κ3) is 11.4. The van der Waals surface area contributed by atoms with Crippen molar-refractivity contribution in [3.63, 3.8) is 0 Å². The minimum atomic E-state index is 0. The first kappa shape index (κ1) is 9.33. The summed E-state index contributed by atoms with van der Waals surface area (Å²) in [6, 6.07) is 0. The van der Waals surface area contributed by atoms with Crippen LogP contribution in [-0.4, -0.2) is 13.1 Å². The molecule has 0 saturated heterocycles. The average Bonchev–Trinajstić information content (AvgIpc) is 1.37. The van der Waals surface area contributed by atoms with Gasteiger partial charge in [-0.05, 0) is 0 Å². The van der Waals surface area contributed by atoms with Gasteiger partial charge in [0.2, 0.25) is 0 Å². The van der Waals surface area contributed by atoms with E-state index in [0.29, 0.717) is 13.1 Å². The second-order valence-corrected chi connectivity index (χ2v) is 0.577. The molecule has 0 heterocycles. The second kappa shape index (κ2) is 8.87. The summed E-state index contributed by atoms with van der Waals surface area (Å²) >= 11 is 0. The summed E-state index contributed by atoms with van der Waals surface area (Å²) in [5.74, 6) is 0. The van der Waals surface area contributed by atoms with Crippen LogP contribution >= 0.6 is 0 Å². The van der Waals surface area contributed by atoms with E-state index in [-0.39, 0.29) is 29.6 Å². The van der Waals surface area contributed by atoms with Crippen LogP contribution in [0.15, 0.2) is 0 Å².